The summed E-state index contributed by atoms with van der Waals surface area (Å²) >= 11 is 0. The van der Waals surface area contributed by atoms with Crippen LogP contribution in [0, 0.1) is 24.7 Å². The van der Waals surface area contributed by atoms with Crippen LogP contribution in [0.4, 0.5) is 5.69 Å². The molecule has 4 aromatic rings. The van der Waals surface area contributed by atoms with Gasteiger partial charge in [-0.1, -0.05) is 41.6 Å². The van der Waals surface area contributed by atoms with Gasteiger partial charge in [-0.25, -0.2) is 9.78 Å². The number of piperidine rings is 1. The van der Waals surface area contributed by atoms with Crippen molar-refractivity contribution >= 4 is 28.8 Å². The highest BCUT2D eigenvalue weighted by Crippen LogP contribution is 2.54. The molecule has 2 saturated carbocycles. The van der Waals surface area contributed by atoms with Crippen LogP contribution in [0.25, 0.3) is 28.4 Å². The normalized spacial score (nSPS) is 22.9. The van der Waals surface area contributed by atoms with Crippen molar-refractivity contribution in [1.29, 1.82) is 0 Å². The van der Waals surface area contributed by atoms with Crippen LogP contribution in [0.1, 0.15) is 46.1 Å². The lowest BCUT2D eigenvalue weighted by Gasteiger charge is -2.21. The van der Waals surface area contributed by atoms with Crippen LogP contribution in [-0.2, 0) is 0 Å². The van der Waals surface area contributed by atoms with Crippen LogP contribution in [0.15, 0.2) is 59.3 Å². The zero-order chi connectivity index (χ0) is 24.4. The average molecular weight is 479 g/mol. The number of carbonyl (C=O) groups is 1. The summed E-state index contributed by atoms with van der Waals surface area (Å²) in [5.74, 6) is 2.35. The Bertz CT molecular complexity index is 1520. The molecule has 2 unspecified atom stereocenters. The molecule has 1 saturated heterocycles. The number of aryl methyl sites for hydroxylation is 1. The van der Waals surface area contributed by atoms with Crippen molar-refractivity contribution < 1.29 is 14.4 Å². The number of rotatable bonds is 6. The highest BCUT2D eigenvalue weighted by Gasteiger charge is 2.54. The molecule has 0 bridgehead atoms. The second-order valence-electron chi connectivity index (χ2n) is 10.3. The van der Waals surface area contributed by atoms with E-state index in [9.17, 15) is 4.79 Å². The van der Waals surface area contributed by atoms with Crippen molar-refractivity contribution in [2.45, 2.75) is 25.7 Å². The SMILES string of the molecule is Cc1ccccc1-c1noc(C2CC2)c1/C=C/C1C2CN(c3ccc4nc(C(=O)O)cnc4c3)CC12. The number of hydrogen-bond acceptors (Lipinski definition) is 6. The molecule has 0 amide bonds. The molecule has 0 spiro atoms. The summed E-state index contributed by atoms with van der Waals surface area (Å²) < 4.78 is 5.85. The Balaban J connectivity index is 1.08. The van der Waals surface area contributed by atoms with Gasteiger partial charge in [-0.3, -0.25) is 4.98 Å². The van der Waals surface area contributed by atoms with Crippen molar-refractivity contribution in [3.63, 3.8) is 0 Å². The van der Waals surface area contributed by atoms with Crippen LogP contribution >= 0.6 is 0 Å². The van der Waals surface area contributed by atoms with Gasteiger partial charge in [-0.15, -0.1) is 0 Å². The van der Waals surface area contributed by atoms with E-state index in [4.69, 9.17) is 9.63 Å². The number of fused-ring (bicyclic) bond motifs is 2. The lowest BCUT2D eigenvalue weighted by molar-refractivity contribution is 0.0690. The van der Waals surface area contributed by atoms with Crippen molar-refractivity contribution in [3.8, 4) is 11.3 Å². The summed E-state index contributed by atoms with van der Waals surface area (Å²) in [7, 11) is 0. The monoisotopic (exact) mass is 478 g/mol. The van der Waals surface area contributed by atoms with Gasteiger partial charge in [-0.2, -0.15) is 0 Å². The summed E-state index contributed by atoms with van der Waals surface area (Å²) in [6.45, 7) is 4.14. The van der Waals surface area contributed by atoms with Crippen LogP contribution in [0.2, 0.25) is 0 Å². The summed E-state index contributed by atoms with van der Waals surface area (Å²) in [6, 6.07) is 14.3. The van der Waals surface area contributed by atoms with Crippen molar-refractivity contribution in [2.24, 2.45) is 17.8 Å². The molecule has 0 radical (unpaired) electrons. The Labute approximate surface area is 208 Å². The molecule has 36 heavy (non-hydrogen) atoms. The zero-order valence-electron chi connectivity index (χ0n) is 20.0. The van der Waals surface area contributed by atoms with E-state index in [-0.39, 0.29) is 5.69 Å². The molecule has 2 atom stereocenters. The predicted octanol–water partition coefficient (Wildman–Crippen LogP) is 5.56. The van der Waals surface area contributed by atoms with Crippen molar-refractivity contribution in [3.05, 3.63) is 77.3 Å². The summed E-state index contributed by atoms with van der Waals surface area (Å²) in [4.78, 5) is 22.0. The summed E-state index contributed by atoms with van der Waals surface area (Å²) in [5.41, 5.74) is 6.88. The van der Waals surface area contributed by atoms with Gasteiger partial charge in [0.1, 0.15) is 11.5 Å². The Kier molecular flexibility index (Phi) is 4.74. The Morgan fingerprint density at radius 3 is 2.67 bits per heavy atom. The zero-order valence-corrected chi connectivity index (χ0v) is 20.0. The van der Waals surface area contributed by atoms with Gasteiger partial charge in [-0.05, 0) is 61.3 Å². The second kappa shape index (κ2) is 8.01. The molecular weight excluding hydrogens is 452 g/mol. The van der Waals surface area contributed by atoms with E-state index in [2.05, 4.69) is 63.4 Å². The number of hydrogen-bond donors (Lipinski definition) is 1. The number of aromatic carboxylic acids is 1. The van der Waals surface area contributed by atoms with Gasteiger partial charge in [0, 0.05) is 35.8 Å². The van der Waals surface area contributed by atoms with Gasteiger partial charge in [0.2, 0.25) is 0 Å². The topological polar surface area (TPSA) is 92.4 Å². The van der Waals surface area contributed by atoms with E-state index in [1.54, 1.807) is 0 Å². The Morgan fingerprint density at radius 1 is 1.11 bits per heavy atom. The molecule has 7 heteroatoms. The third-order valence-corrected chi connectivity index (χ3v) is 7.96. The maximum atomic E-state index is 11.2. The minimum absolute atomic E-state index is 0.0319. The number of benzene rings is 2. The molecule has 7 nitrogen and oxygen atoms in total. The van der Waals surface area contributed by atoms with Crippen LogP contribution < -0.4 is 4.90 Å². The standard InChI is InChI=1S/C29H26N4O3/c1-16-4-2-3-5-19(16)27-21(28(36-32-27)17-6-7-17)10-9-20-22-14-33(15-23(20)22)18-8-11-24-25(12-18)30-13-26(31-24)29(34)35/h2-5,8-13,17,20,22-23H,6-7,14-15H2,1H3,(H,34,35)/b10-9+. The third kappa shape index (κ3) is 3.58. The summed E-state index contributed by atoms with van der Waals surface area (Å²) in [6.07, 6.45) is 8.33. The number of aromatic nitrogens is 3. The molecule has 180 valence electrons. The van der Waals surface area contributed by atoms with Gasteiger partial charge >= 0.3 is 5.97 Å². The van der Waals surface area contributed by atoms with E-state index >= 15 is 0 Å². The molecule has 3 heterocycles. The quantitative estimate of drug-likeness (QED) is 0.388. The predicted molar refractivity (Wildman–Crippen MR) is 137 cm³/mol. The lowest BCUT2D eigenvalue weighted by Crippen LogP contribution is -2.23. The first-order valence-corrected chi connectivity index (χ1v) is 12.6. The summed E-state index contributed by atoms with van der Waals surface area (Å²) in [5, 5.41) is 13.6. The third-order valence-electron chi connectivity index (χ3n) is 7.96. The first-order chi connectivity index (χ1) is 17.6. The van der Waals surface area contributed by atoms with Crippen LogP contribution in [-0.4, -0.2) is 39.3 Å². The number of anilines is 1. The molecule has 1 aliphatic heterocycles. The highest BCUT2D eigenvalue weighted by molar-refractivity contribution is 5.88. The van der Waals surface area contributed by atoms with Gasteiger partial charge in [0.05, 0.1) is 17.2 Å². The first kappa shape index (κ1) is 21.3. The van der Waals surface area contributed by atoms with E-state index in [0.717, 1.165) is 46.9 Å². The molecule has 3 aliphatic rings. The molecule has 2 aromatic heterocycles. The first-order valence-electron chi connectivity index (χ1n) is 12.6. The largest absolute Gasteiger partial charge is 0.476 e. The van der Waals surface area contributed by atoms with Crippen molar-refractivity contribution in [1.82, 2.24) is 15.1 Å². The second-order valence-corrected chi connectivity index (χ2v) is 10.3. The molecule has 7 rings (SSSR count). The fourth-order valence-electron chi connectivity index (χ4n) is 5.72. The molecule has 2 aromatic carbocycles. The fourth-order valence-corrected chi connectivity index (χ4v) is 5.72. The maximum Gasteiger partial charge on any atom is 0.356 e. The molecule has 3 fully saturated rings. The van der Waals surface area contributed by atoms with Gasteiger partial charge < -0.3 is 14.5 Å². The van der Waals surface area contributed by atoms with E-state index < -0.39 is 5.97 Å². The van der Waals surface area contributed by atoms with Crippen LogP contribution in [0.5, 0.6) is 0 Å². The Morgan fingerprint density at radius 2 is 1.92 bits per heavy atom. The number of nitrogens with zero attached hydrogens (tertiary/aromatic N) is 4. The number of carboxylic acids is 1. The van der Waals surface area contributed by atoms with E-state index in [1.165, 1.54) is 24.6 Å². The smallest absolute Gasteiger partial charge is 0.356 e. The lowest BCUT2D eigenvalue weighted by atomic mass is 9.99. The van der Waals surface area contributed by atoms with E-state index in [1.807, 2.05) is 18.2 Å². The van der Waals surface area contributed by atoms with E-state index in [0.29, 0.717) is 29.2 Å². The van der Waals surface area contributed by atoms with Gasteiger partial charge in [0.25, 0.3) is 0 Å². The van der Waals surface area contributed by atoms with Gasteiger partial charge in [0.15, 0.2) is 5.69 Å². The highest BCUT2D eigenvalue weighted by atomic mass is 16.5. The minimum atomic E-state index is -1.06. The Hall–Kier alpha value is -4.00. The number of carboxylic acid groups (broad SMARTS) is 1. The average Bonchev–Trinajstić information content (AvgIpc) is 3.75. The van der Waals surface area contributed by atoms with Crippen molar-refractivity contribution in [2.75, 3.05) is 18.0 Å². The molecular formula is C29H26N4O3. The fraction of sp³-hybridized carbons (Fsp3) is 0.310. The molecule has 1 N–H and O–H groups in total. The maximum absolute atomic E-state index is 11.2. The molecule has 2 aliphatic carbocycles. The minimum Gasteiger partial charge on any atom is -0.476 e. The van der Waals surface area contributed by atoms with Crippen LogP contribution in [0.3, 0.4) is 0 Å². The number of allylic oxidation sites excluding steroid dienone is 1.